The van der Waals surface area contributed by atoms with Crippen LogP contribution in [0, 0.1) is 5.92 Å². The van der Waals surface area contributed by atoms with E-state index < -0.39 is 5.60 Å². The van der Waals surface area contributed by atoms with Crippen LogP contribution in [0.1, 0.15) is 19.4 Å². The molecule has 1 aromatic carbocycles. The average molecular weight is 237 g/mol. The monoisotopic (exact) mass is 237 g/mol. The molecule has 0 heterocycles. The Morgan fingerprint density at radius 3 is 2.59 bits per heavy atom. The van der Waals surface area contributed by atoms with E-state index in [2.05, 4.69) is 11.8 Å². The molecule has 2 atom stereocenters. The van der Waals surface area contributed by atoms with Gasteiger partial charge in [-0.2, -0.15) is 0 Å². The van der Waals surface area contributed by atoms with E-state index in [-0.39, 0.29) is 5.92 Å². The van der Waals surface area contributed by atoms with Gasteiger partial charge in [-0.3, -0.25) is 0 Å². The number of ether oxygens (including phenoxy) is 1. The van der Waals surface area contributed by atoms with Crippen molar-refractivity contribution in [2.45, 2.75) is 19.4 Å². The molecule has 0 aromatic heterocycles. The lowest BCUT2D eigenvalue weighted by atomic mass is 9.83. The fraction of sp³-hybridized carbons (Fsp3) is 0.571. The van der Waals surface area contributed by atoms with Crippen LogP contribution in [0.4, 0.5) is 0 Å². The molecule has 1 unspecified atom stereocenters. The van der Waals surface area contributed by atoms with Crippen molar-refractivity contribution < 1.29 is 9.84 Å². The molecule has 0 fully saturated rings. The van der Waals surface area contributed by atoms with Gasteiger partial charge in [0, 0.05) is 12.5 Å². The van der Waals surface area contributed by atoms with E-state index in [0.29, 0.717) is 0 Å². The molecule has 0 saturated heterocycles. The fourth-order valence-corrected chi connectivity index (χ4v) is 1.95. The summed E-state index contributed by atoms with van der Waals surface area (Å²) in [5.74, 6) is 0.921. The summed E-state index contributed by atoms with van der Waals surface area (Å²) in [7, 11) is 5.66. The first-order chi connectivity index (χ1) is 7.87. The van der Waals surface area contributed by atoms with Gasteiger partial charge in [-0.15, -0.1) is 0 Å². The molecule has 96 valence electrons. The second kappa shape index (κ2) is 5.52. The number of nitrogens with zero attached hydrogens (tertiary/aromatic N) is 1. The van der Waals surface area contributed by atoms with Crippen LogP contribution >= 0.6 is 0 Å². The summed E-state index contributed by atoms with van der Waals surface area (Å²) in [5, 5.41) is 10.6. The quantitative estimate of drug-likeness (QED) is 0.851. The maximum absolute atomic E-state index is 10.6. The molecule has 0 radical (unpaired) electrons. The van der Waals surface area contributed by atoms with Crippen LogP contribution in [0.2, 0.25) is 0 Å². The third-order valence-corrected chi connectivity index (χ3v) is 3.25. The van der Waals surface area contributed by atoms with Gasteiger partial charge in [0.2, 0.25) is 0 Å². The summed E-state index contributed by atoms with van der Waals surface area (Å²) in [5.41, 5.74) is 0.0462. The largest absolute Gasteiger partial charge is 0.497 e. The normalized spacial score (nSPS) is 16.6. The van der Waals surface area contributed by atoms with Crippen molar-refractivity contribution in [3.63, 3.8) is 0 Å². The Morgan fingerprint density at radius 2 is 2.06 bits per heavy atom. The molecule has 0 saturated carbocycles. The minimum absolute atomic E-state index is 0.143. The zero-order chi connectivity index (χ0) is 13.1. The molecule has 0 aliphatic heterocycles. The van der Waals surface area contributed by atoms with Gasteiger partial charge in [-0.05, 0) is 38.7 Å². The summed E-state index contributed by atoms with van der Waals surface area (Å²) in [6.45, 7) is 4.75. The lowest BCUT2D eigenvalue weighted by Gasteiger charge is -2.32. The summed E-state index contributed by atoms with van der Waals surface area (Å²) >= 11 is 0. The van der Waals surface area contributed by atoms with E-state index in [0.717, 1.165) is 17.9 Å². The number of methoxy groups -OCH3 is 1. The van der Waals surface area contributed by atoms with E-state index in [4.69, 9.17) is 4.74 Å². The molecule has 1 rings (SSSR count). The van der Waals surface area contributed by atoms with E-state index in [1.165, 1.54) is 0 Å². The summed E-state index contributed by atoms with van der Waals surface area (Å²) < 4.78 is 5.19. The van der Waals surface area contributed by atoms with Crippen molar-refractivity contribution in [3.05, 3.63) is 29.8 Å². The molecular formula is C14H23NO2. The third-order valence-electron chi connectivity index (χ3n) is 3.25. The van der Waals surface area contributed by atoms with Gasteiger partial charge in [0.15, 0.2) is 0 Å². The van der Waals surface area contributed by atoms with Gasteiger partial charge in [0.05, 0.1) is 12.7 Å². The lowest BCUT2D eigenvalue weighted by molar-refractivity contribution is -0.00792. The lowest BCUT2D eigenvalue weighted by Crippen LogP contribution is -2.36. The van der Waals surface area contributed by atoms with Crippen LogP contribution in [0.15, 0.2) is 24.3 Å². The molecule has 17 heavy (non-hydrogen) atoms. The van der Waals surface area contributed by atoms with Crippen LogP contribution in [-0.4, -0.2) is 37.8 Å². The van der Waals surface area contributed by atoms with Crippen LogP contribution < -0.4 is 4.74 Å². The first-order valence-electron chi connectivity index (χ1n) is 5.89. The van der Waals surface area contributed by atoms with E-state index in [1.807, 2.05) is 45.3 Å². The maximum Gasteiger partial charge on any atom is 0.119 e. The summed E-state index contributed by atoms with van der Waals surface area (Å²) in [6, 6.07) is 7.63. The molecule has 0 aliphatic carbocycles. The van der Waals surface area contributed by atoms with Crippen molar-refractivity contribution in [1.82, 2.24) is 4.90 Å². The van der Waals surface area contributed by atoms with Crippen molar-refractivity contribution in [1.29, 1.82) is 0 Å². The Hall–Kier alpha value is -1.06. The Morgan fingerprint density at radius 1 is 1.41 bits per heavy atom. The standard InChI is InChI=1S/C14H23NO2/c1-11(10-15(3)4)14(2,16)12-7-6-8-13(9-12)17-5/h6-9,11,16H,10H2,1-5H3/t11?,14-/m1/s1. The SMILES string of the molecule is COc1cccc([C@](C)(O)C(C)CN(C)C)c1. The topological polar surface area (TPSA) is 32.7 Å². The Bertz CT molecular complexity index is 361. The molecule has 1 N–H and O–H groups in total. The second-order valence-corrected chi connectivity index (χ2v) is 5.04. The van der Waals surface area contributed by atoms with Crippen LogP contribution in [0.25, 0.3) is 0 Å². The molecule has 0 amide bonds. The molecule has 3 nitrogen and oxygen atoms in total. The smallest absolute Gasteiger partial charge is 0.119 e. The Kier molecular flexibility index (Phi) is 4.54. The molecule has 1 aromatic rings. The molecular weight excluding hydrogens is 214 g/mol. The first kappa shape index (κ1) is 14.0. The van der Waals surface area contributed by atoms with Crippen molar-refractivity contribution in [2.75, 3.05) is 27.7 Å². The highest BCUT2D eigenvalue weighted by Crippen LogP contribution is 2.31. The Balaban J connectivity index is 2.94. The predicted octanol–water partition coefficient (Wildman–Crippen LogP) is 2.10. The minimum Gasteiger partial charge on any atom is -0.497 e. The van der Waals surface area contributed by atoms with Crippen molar-refractivity contribution in [2.24, 2.45) is 5.92 Å². The number of rotatable bonds is 5. The highest BCUT2D eigenvalue weighted by molar-refractivity contribution is 5.32. The highest BCUT2D eigenvalue weighted by Gasteiger charge is 2.30. The second-order valence-electron chi connectivity index (χ2n) is 5.04. The average Bonchev–Trinajstić information content (AvgIpc) is 2.28. The van der Waals surface area contributed by atoms with E-state index in [9.17, 15) is 5.11 Å². The van der Waals surface area contributed by atoms with Gasteiger partial charge in [-0.25, -0.2) is 0 Å². The van der Waals surface area contributed by atoms with Gasteiger partial charge >= 0.3 is 0 Å². The highest BCUT2D eigenvalue weighted by atomic mass is 16.5. The molecule has 0 spiro atoms. The molecule has 0 bridgehead atoms. The summed E-state index contributed by atoms with van der Waals surface area (Å²) in [4.78, 5) is 2.08. The fourth-order valence-electron chi connectivity index (χ4n) is 1.95. The van der Waals surface area contributed by atoms with Crippen LogP contribution in [0.5, 0.6) is 5.75 Å². The van der Waals surface area contributed by atoms with Crippen LogP contribution in [0.3, 0.4) is 0 Å². The summed E-state index contributed by atoms with van der Waals surface area (Å²) in [6.07, 6.45) is 0. The van der Waals surface area contributed by atoms with Gasteiger partial charge in [0.1, 0.15) is 5.75 Å². The predicted molar refractivity (Wildman–Crippen MR) is 70.3 cm³/mol. The number of hydrogen-bond acceptors (Lipinski definition) is 3. The van der Waals surface area contributed by atoms with Crippen molar-refractivity contribution >= 4 is 0 Å². The zero-order valence-electron chi connectivity index (χ0n) is 11.4. The Labute approximate surface area is 104 Å². The number of hydrogen-bond donors (Lipinski definition) is 1. The third kappa shape index (κ3) is 3.45. The van der Waals surface area contributed by atoms with Gasteiger partial charge in [0.25, 0.3) is 0 Å². The zero-order valence-corrected chi connectivity index (χ0v) is 11.4. The van der Waals surface area contributed by atoms with E-state index >= 15 is 0 Å². The molecule has 3 heteroatoms. The van der Waals surface area contributed by atoms with Gasteiger partial charge < -0.3 is 14.7 Å². The minimum atomic E-state index is -0.848. The maximum atomic E-state index is 10.6. The number of aliphatic hydroxyl groups is 1. The van der Waals surface area contributed by atoms with E-state index in [1.54, 1.807) is 7.11 Å². The van der Waals surface area contributed by atoms with Gasteiger partial charge in [-0.1, -0.05) is 19.1 Å². The number of benzene rings is 1. The van der Waals surface area contributed by atoms with Crippen molar-refractivity contribution in [3.8, 4) is 5.75 Å². The first-order valence-corrected chi connectivity index (χ1v) is 5.89. The van der Waals surface area contributed by atoms with Crippen LogP contribution in [-0.2, 0) is 5.60 Å². The molecule has 0 aliphatic rings.